The van der Waals surface area contributed by atoms with Crippen molar-refractivity contribution in [3.63, 3.8) is 0 Å². The second-order valence-electron chi connectivity index (χ2n) is 6.02. The Morgan fingerprint density at radius 2 is 0.531 bits per heavy atom. The fourth-order valence-electron chi connectivity index (χ4n) is 2.28. The Balaban J connectivity index is 0.000000211. The van der Waals surface area contributed by atoms with Gasteiger partial charge in [0.05, 0.1) is 0 Å². The van der Waals surface area contributed by atoms with Crippen molar-refractivity contribution in [2.75, 3.05) is 0 Å². The smallest absolute Gasteiger partial charge is 0.127 e. The molecule has 0 atom stereocenters. The summed E-state index contributed by atoms with van der Waals surface area (Å²) in [5.41, 5.74) is 0. The summed E-state index contributed by atoms with van der Waals surface area (Å²) < 4.78 is 11.1. The SMILES string of the molecule is C=O.Clc1ccc(Oc2ccc(Cl)cc2)cc1.Clc1ccc(Oc2ccc(Cl)cc2)cc1. The number of carbonyl (C=O) groups is 1. The maximum absolute atomic E-state index is 8.00. The quantitative estimate of drug-likeness (QED) is 0.276. The number of benzene rings is 4. The highest BCUT2D eigenvalue weighted by Gasteiger charge is 1.98. The number of hydrogen-bond donors (Lipinski definition) is 0. The van der Waals surface area contributed by atoms with Crippen LogP contribution >= 0.6 is 46.4 Å². The summed E-state index contributed by atoms with van der Waals surface area (Å²) in [6.07, 6.45) is 0. The number of rotatable bonds is 4. The molecule has 3 nitrogen and oxygen atoms in total. The number of halogens is 4. The number of hydrogen-bond acceptors (Lipinski definition) is 3. The molecule has 0 aliphatic rings. The Morgan fingerprint density at radius 1 is 0.375 bits per heavy atom. The molecule has 0 unspecified atom stereocenters. The lowest BCUT2D eigenvalue weighted by atomic mass is 10.3. The highest BCUT2D eigenvalue weighted by molar-refractivity contribution is 6.31. The molecule has 0 bridgehead atoms. The number of ether oxygens (including phenoxy) is 2. The van der Waals surface area contributed by atoms with Gasteiger partial charge in [-0.1, -0.05) is 46.4 Å². The molecule has 0 aromatic heterocycles. The van der Waals surface area contributed by atoms with Crippen LogP contribution in [0.5, 0.6) is 23.0 Å². The van der Waals surface area contributed by atoms with E-state index in [-0.39, 0.29) is 0 Å². The molecule has 0 saturated carbocycles. The standard InChI is InChI=1S/2C12H8Cl2O.CH2O/c2*13-9-1-5-11(6-2-9)15-12-7-3-10(14)4-8-12;1-2/h2*1-8H;1H2. The molecule has 164 valence electrons. The van der Waals surface area contributed by atoms with Crippen molar-refractivity contribution in [1.29, 1.82) is 0 Å². The molecule has 32 heavy (non-hydrogen) atoms. The van der Waals surface area contributed by atoms with Crippen molar-refractivity contribution in [2.45, 2.75) is 0 Å². The summed E-state index contributed by atoms with van der Waals surface area (Å²) in [6, 6.07) is 28.8. The van der Waals surface area contributed by atoms with E-state index in [0.29, 0.717) is 20.1 Å². The molecular formula is C25H18Cl4O3. The van der Waals surface area contributed by atoms with Gasteiger partial charge in [-0.05, 0) is 97.1 Å². The maximum atomic E-state index is 8.00. The zero-order valence-corrected chi connectivity index (χ0v) is 19.7. The van der Waals surface area contributed by atoms with Gasteiger partial charge in [-0.15, -0.1) is 0 Å². The number of carbonyl (C=O) groups excluding carboxylic acids is 1. The van der Waals surface area contributed by atoms with Crippen LogP contribution in [0.2, 0.25) is 20.1 Å². The van der Waals surface area contributed by atoms with E-state index in [9.17, 15) is 0 Å². The van der Waals surface area contributed by atoms with Gasteiger partial charge in [0.25, 0.3) is 0 Å². The molecule has 0 amide bonds. The van der Waals surface area contributed by atoms with Gasteiger partial charge in [-0.2, -0.15) is 0 Å². The predicted molar refractivity (Wildman–Crippen MR) is 133 cm³/mol. The zero-order chi connectivity index (χ0) is 23.3. The lowest BCUT2D eigenvalue weighted by molar-refractivity contribution is -0.0979. The highest BCUT2D eigenvalue weighted by Crippen LogP contribution is 2.25. The Labute approximate surface area is 207 Å². The van der Waals surface area contributed by atoms with Crippen LogP contribution in [0, 0.1) is 0 Å². The third-order valence-electron chi connectivity index (χ3n) is 3.73. The molecule has 0 heterocycles. The lowest BCUT2D eigenvalue weighted by Crippen LogP contribution is -1.82. The fourth-order valence-corrected chi connectivity index (χ4v) is 2.79. The van der Waals surface area contributed by atoms with Gasteiger partial charge >= 0.3 is 0 Å². The first kappa shape index (κ1) is 25.6. The minimum atomic E-state index is 0.693. The molecule has 4 aromatic carbocycles. The van der Waals surface area contributed by atoms with Gasteiger partial charge in [-0.3, -0.25) is 0 Å². The van der Waals surface area contributed by atoms with Crippen LogP contribution in [0.25, 0.3) is 0 Å². The molecule has 7 heteroatoms. The van der Waals surface area contributed by atoms with E-state index in [4.69, 9.17) is 60.7 Å². The minimum absolute atomic E-state index is 0.693. The minimum Gasteiger partial charge on any atom is -0.457 e. The van der Waals surface area contributed by atoms with Crippen molar-refractivity contribution in [3.8, 4) is 23.0 Å². The van der Waals surface area contributed by atoms with Gasteiger partial charge in [0.15, 0.2) is 0 Å². The van der Waals surface area contributed by atoms with Crippen molar-refractivity contribution in [1.82, 2.24) is 0 Å². The molecule has 0 fully saturated rings. The van der Waals surface area contributed by atoms with Gasteiger partial charge in [0.2, 0.25) is 0 Å². The summed E-state index contributed by atoms with van der Waals surface area (Å²) in [6.45, 7) is 2.00. The molecule has 4 aromatic rings. The largest absolute Gasteiger partial charge is 0.457 e. The first-order valence-electron chi connectivity index (χ1n) is 9.15. The van der Waals surface area contributed by atoms with Gasteiger partial charge in [-0.25, -0.2) is 0 Å². The summed E-state index contributed by atoms with van der Waals surface area (Å²) in [5.74, 6) is 3.01. The van der Waals surface area contributed by atoms with Gasteiger partial charge in [0, 0.05) is 20.1 Å². The van der Waals surface area contributed by atoms with Crippen molar-refractivity contribution >= 4 is 53.2 Å². The molecule has 0 radical (unpaired) electrons. The molecule has 0 saturated heterocycles. The molecule has 0 aliphatic carbocycles. The average molecular weight is 508 g/mol. The van der Waals surface area contributed by atoms with E-state index in [0.717, 1.165) is 23.0 Å². The average Bonchev–Trinajstić information content (AvgIpc) is 2.82. The third-order valence-corrected chi connectivity index (χ3v) is 4.73. The van der Waals surface area contributed by atoms with E-state index >= 15 is 0 Å². The Bertz CT molecular complexity index is 890. The molecule has 4 rings (SSSR count). The zero-order valence-electron chi connectivity index (χ0n) is 16.7. The first-order valence-corrected chi connectivity index (χ1v) is 10.7. The normalized spacial score (nSPS) is 9.50. The Hall–Kier alpha value is -2.69. The predicted octanol–water partition coefficient (Wildman–Crippen LogP) is 9.39. The van der Waals surface area contributed by atoms with E-state index in [1.807, 2.05) is 55.3 Å². The van der Waals surface area contributed by atoms with Gasteiger partial charge in [0.1, 0.15) is 29.8 Å². The maximum Gasteiger partial charge on any atom is 0.127 e. The van der Waals surface area contributed by atoms with Crippen LogP contribution in [-0.2, 0) is 4.79 Å². The van der Waals surface area contributed by atoms with E-state index in [2.05, 4.69) is 0 Å². The Morgan fingerprint density at radius 3 is 0.688 bits per heavy atom. The van der Waals surface area contributed by atoms with E-state index in [1.54, 1.807) is 48.5 Å². The van der Waals surface area contributed by atoms with Crippen molar-refractivity contribution in [2.24, 2.45) is 0 Å². The topological polar surface area (TPSA) is 35.5 Å². The lowest BCUT2D eigenvalue weighted by Gasteiger charge is -2.05. The summed E-state index contributed by atoms with van der Waals surface area (Å²) in [4.78, 5) is 8.00. The van der Waals surface area contributed by atoms with Crippen molar-refractivity contribution < 1.29 is 14.3 Å². The van der Waals surface area contributed by atoms with Crippen molar-refractivity contribution in [3.05, 3.63) is 117 Å². The summed E-state index contributed by atoms with van der Waals surface area (Å²) >= 11 is 23.0. The van der Waals surface area contributed by atoms with Gasteiger partial charge < -0.3 is 14.3 Å². The summed E-state index contributed by atoms with van der Waals surface area (Å²) in [7, 11) is 0. The molecule has 0 aliphatic heterocycles. The van der Waals surface area contributed by atoms with Crippen LogP contribution in [0.15, 0.2) is 97.1 Å². The second kappa shape index (κ2) is 13.7. The van der Waals surface area contributed by atoms with Crippen LogP contribution in [-0.4, -0.2) is 6.79 Å². The monoisotopic (exact) mass is 506 g/mol. The molecular weight excluding hydrogens is 490 g/mol. The van der Waals surface area contributed by atoms with E-state index < -0.39 is 0 Å². The fraction of sp³-hybridized carbons (Fsp3) is 0. The first-order chi connectivity index (χ1) is 15.5. The molecule has 0 spiro atoms. The highest BCUT2D eigenvalue weighted by atomic mass is 35.5. The van der Waals surface area contributed by atoms with E-state index in [1.165, 1.54) is 0 Å². The van der Waals surface area contributed by atoms with Crippen LogP contribution < -0.4 is 9.47 Å². The van der Waals surface area contributed by atoms with Crippen LogP contribution in [0.4, 0.5) is 0 Å². The van der Waals surface area contributed by atoms with Crippen LogP contribution in [0.1, 0.15) is 0 Å². The Kier molecular flexibility index (Phi) is 10.9. The second-order valence-corrected chi connectivity index (χ2v) is 7.77. The summed E-state index contributed by atoms with van der Waals surface area (Å²) in [5, 5.41) is 2.77. The van der Waals surface area contributed by atoms with Crippen LogP contribution in [0.3, 0.4) is 0 Å². The third kappa shape index (κ3) is 9.21. The molecule has 0 N–H and O–H groups in total.